The third kappa shape index (κ3) is 4.63. The third-order valence-electron chi connectivity index (χ3n) is 4.03. The standard InChI is InChI=1S/C17H18N4O6S/c22-17(13-4-2-1-3-5-13)19-28(25,26)14-6-7-15(16(12-14)21(23)24)18-20-8-10-27-11-9-20/h1-7,12,18H,8-11H2,(H,19,22). The van der Waals surface area contributed by atoms with Crippen LogP contribution in [0.4, 0.5) is 11.4 Å². The molecular weight excluding hydrogens is 388 g/mol. The summed E-state index contributed by atoms with van der Waals surface area (Å²) in [6.07, 6.45) is 0. The summed E-state index contributed by atoms with van der Waals surface area (Å²) in [6, 6.07) is 11.2. The van der Waals surface area contributed by atoms with Crippen LogP contribution in [-0.4, -0.2) is 50.6 Å². The Morgan fingerprint density at radius 3 is 2.43 bits per heavy atom. The average Bonchev–Trinajstić information content (AvgIpc) is 2.69. The fourth-order valence-corrected chi connectivity index (χ4v) is 3.59. The Labute approximate surface area is 161 Å². The van der Waals surface area contributed by atoms with Crippen LogP contribution in [0.3, 0.4) is 0 Å². The lowest BCUT2D eigenvalue weighted by molar-refractivity contribution is -0.384. The first kappa shape index (κ1) is 19.7. The molecule has 1 aliphatic heterocycles. The number of amides is 1. The predicted octanol–water partition coefficient (Wildman–Crippen LogP) is 1.37. The number of nitro groups is 1. The van der Waals surface area contributed by atoms with Gasteiger partial charge < -0.3 is 10.2 Å². The average molecular weight is 406 g/mol. The number of benzene rings is 2. The van der Waals surface area contributed by atoms with E-state index in [0.29, 0.717) is 26.3 Å². The van der Waals surface area contributed by atoms with Crippen molar-refractivity contribution in [3.63, 3.8) is 0 Å². The van der Waals surface area contributed by atoms with Crippen molar-refractivity contribution in [2.75, 3.05) is 31.7 Å². The number of hydrogen-bond donors (Lipinski definition) is 2. The number of rotatable bonds is 6. The zero-order valence-electron chi connectivity index (χ0n) is 14.7. The molecule has 3 rings (SSSR count). The van der Waals surface area contributed by atoms with E-state index in [2.05, 4.69) is 5.43 Å². The first-order valence-corrected chi connectivity index (χ1v) is 9.85. The minimum absolute atomic E-state index is 0.153. The smallest absolute Gasteiger partial charge is 0.295 e. The highest BCUT2D eigenvalue weighted by Gasteiger charge is 2.24. The van der Waals surface area contributed by atoms with E-state index in [1.54, 1.807) is 23.2 Å². The molecule has 1 heterocycles. The van der Waals surface area contributed by atoms with Gasteiger partial charge in [-0.15, -0.1) is 0 Å². The summed E-state index contributed by atoms with van der Waals surface area (Å²) in [4.78, 5) is 22.5. The van der Waals surface area contributed by atoms with Crippen molar-refractivity contribution in [1.82, 2.24) is 9.73 Å². The molecule has 2 aromatic carbocycles. The molecule has 0 spiro atoms. The summed E-state index contributed by atoms with van der Waals surface area (Å²) < 4.78 is 32.1. The fraction of sp³-hybridized carbons (Fsp3) is 0.235. The van der Waals surface area contributed by atoms with Gasteiger partial charge in [-0.25, -0.2) is 18.1 Å². The van der Waals surface area contributed by atoms with Crippen LogP contribution in [0.1, 0.15) is 10.4 Å². The molecular formula is C17H18N4O6S. The molecule has 0 aromatic heterocycles. The minimum Gasteiger partial charge on any atom is -0.379 e. The van der Waals surface area contributed by atoms with E-state index in [9.17, 15) is 23.3 Å². The van der Waals surface area contributed by atoms with Crippen LogP contribution in [0.5, 0.6) is 0 Å². The Balaban J connectivity index is 1.83. The van der Waals surface area contributed by atoms with E-state index in [4.69, 9.17) is 4.74 Å². The van der Waals surface area contributed by atoms with Crippen molar-refractivity contribution >= 4 is 27.3 Å². The van der Waals surface area contributed by atoms with E-state index in [1.165, 1.54) is 24.3 Å². The van der Waals surface area contributed by atoms with Gasteiger partial charge in [0.25, 0.3) is 21.6 Å². The van der Waals surface area contributed by atoms with E-state index in [0.717, 1.165) is 6.07 Å². The molecule has 0 atom stereocenters. The molecule has 28 heavy (non-hydrogen) atoms. The molecule has 0 radical (unpaired) electrons. The fourth-order valence-electron chi connectivity index (χ4n) is 2.60. The first-order valence-electron chi connectivity index (χ1n) is 8.37. The summed E-state index contributed by atoms with van der Waals surface area (Å²) in [5.41, 5.74) is 2.80. The highest BCUT2D eigenvalue weighted by atomic mass is 32.2. The van der Waals surface area contributed by atoms with Crippen molar-refractivity contribution in [1.29, 1.82) is 0 Å². The Morgan fingerprint density at radius 2 is 1.79 bits per heavy atom. The molecule has 1 fully saturated rings. The van der Waals surface area contributed by atoms with Gasteiger partial charge >= 0.3 is 0 Å². The molecule has 0 bridgehead atoms. The van der Waals surface area contributed by atoms with Gasteiger partial charge in [0.2, 0.25) is 0 Å². The number of hydrazine groups is 1. The third-order valence-corrected chi connectivity index (χ3v) is 5.36. The molecule has 148 valence electrons. The summed E-state index contributed by atoms with van der Waals surface area (Å²) in [5, 5.41) is 13.2. The minimum atomic E-state index is -4.28. The highest BCUT2D eigenvalue weighted by molar-refractivity contribution is 7.90. The van der Waals surface area contributed by atoms with Gasteiger partial charge in [0.1, 0.15) is 5.69 Å². The number of sulfonamides is 1. The van der Waals surface area contributed by atoms with Crippen LogP contribution in [0.25, 0.3) is 0 Å². The van der Waals surface area contributed by atoms with Gasteiger partial charge in [-0.1, -0.05) is 18.2 Å². The molecule has 0 unspecified atom stereocenters. The summed E-state index contributed by atoms with van der Waals surface area (Å²) in [6.45, 7) is 2.03. The molecule has 1 saturated heterocycles. The van der Waals surface area contributed by atoms with Crippen molar-refractivity contribution in [3.05, 3.63) is 64.2 Å². The lowest BCUT2D eigenvalue weighted by Crippen LogP contribution is -2.40. The second kappa shape index (κ2) is 8.33. The largest absolute Gasteiger partial charge is 0.379 e. The maximum absolute atomic E-state index is 12.5. The van der Waals surface area contributed by atoms with E-state index >= 15 is 0 Å². The van der Waals surface area contributed by atoms with Crippen molar-refractivity contribution in [3.8, 4) is 0 Å². The van der Waals surface area contributed by atoms with Gasteiger partial charge in [0.05, 0.1) is 23.0 Å². The lowest BCUT2D eigenvalue weighted by atomic mass is 10.2. The number of carbonyl (C=O) groups is 1. The van der Waals surface area contributed by atoms with Gasteiger partial charge in [0.15, 0.2) is 0 Å². The Kier molecular flexibility index (Phi) is 5.87. The van der Waals surface area contributed by atoms with E-state index in [-0.39, 0.29) is 16.1 Å². The summed E-state index contributed by atoms with van der Waals surface area (Å²) >= 11 is 0. The normalized spacial score (nSPS) is 15.0. The van der Waals surface area contributed by atoms with Crippen LogP contribution < -0.4 is 10.1 Å². The lowest BCUT2D eigenvalue weighted by Gasteiger charge is -2.27. The van der Waals surface area contributed by atoms with Crippen LogP contribution in [0.15, 0.2) is 53.4 Å². The summed E-state index contributed by atoms with van der Waals surface area (Å²) in [5.74, 6) is -0.821. The zero-order valence-corrected chi connectivity index (χ0v) is 15.5. The number of nitrogens with zero attached hydrogens (tertiary/aromatic N) is 2. The Hall–Kier alpha value is -3.02. The number of nitro benzene ring substituents is 1. The van der Waals surface area contributed by atoms with Gasteiger partial charge in [-0.2, -0.15) is 0 Å². The number of ether oxygens (including phenoxy) is 1. The van der Waals surface area contributed by atoms with Crippen LogP contribution >= 0.6 is 0 Å². The van der Waals surface area contributed by atoms with Crippen LogP contribution in [0.2, 0.25) is 0 Å². The maximum Gasteiger partial charge on any atom is 0.295 e. The molecule has 0 saturated carbocycles. The van der Waals surface area contributed by atoms with Gasteiger partial charge in [-0.3, -0.25) is 14.9 Å². The second-order valence-corrected chi connectivity index (χ2v) is 7.63. The molecule has 0 aliphatic carbocycles. The van der Waals surface area contributed by atoms with E-state index in [1.807, 2.05) is 4.72 Å². The first-order chi connectivity index (χ1) is 13.4. The number of nitrogens with one attached hydrogen (secondary N) is 2. The predicted molar refractivity (Wildman–Crippen MR) is 100 cm³/mol. The molecule has 2 aromatic rings. The maximum atomic E-state index is 12.5. The number of hydrogen-bond acceptors (Lipinski definition) is 8. The van der Waals surface area contributed by atoms with Crippen molar-refractivity contribution in [2.45, 2.75) is 4.90 Å². The monoisotopic (exact) mass is 406 g/mol. The van der Waals surface area contributed by atoms with Crippen LogP contribution in [0, 0.1) is 10.1 Å². The van der Waals surface area contributed by atoms with Gasteiger partial charge in [0, 0.05) is 24.7 Å². The van der Waals surface area contributed by atoms with E-state index < -0.39 is 26.5 Å². The topological polar surface area (TPSA) is 131 Å². The summed E-state index contributed by atoms with van der Waals surface area (Å²) in [7, 11) is -4.28. The Bertz CT molecular complexity index is 974. The number of morpholine rings is 1. The number of carbonyl (C=O) groups excluding carboxylic acids is 1. The van der Waals surface area contributed by atoms with Gasteiger partial charge in [-0.05, 0) is 24.3 Å². The Morgan fingerprint density at radius 1 is 1.11 bits per heavy atom. The molecule has 1 aliphatic rings. The van der Waals surface area contributed by atoms with Crippen molar-refractivity contribution in [2.24, 2.45) is 0 Å². The SMILES string of the molecule is O=C(NS(=O)(=O)c1ccc(NN2CCOCC2)c([N+](=O)[O-])c1)c1ccccc1. The molecule has 10 nitrogen and oxygen atoms in total. The molecule has 2 N–H and O–H groups in total. The quantitative estimate of drug-likeness (QED) is 0.543. The molecule has 11 heteroatoms. The highest BCUT2D eigenvalue weighted by Crippen LogP contribution is 2.28. The number of anilines is 1. The van der Waals surface area contributed by atoms with Crippen LogP contribution in [-0.2, 0) is 14.8 Å². The zero-order chi connectivity index (χ0) is 20.1. The molecule has 1 amide bonds. The second-order valence-electron chi connectivity index (χ2n) is 5.95. The van der Waals surface area contributed by atoms with Crippen molar-refractivity contribution < 1.29 is 22.9 Å².